The first-order chi connectivity index (χ1) is 8.92. The van der Waals surface area contributed by atoms with E-state index in [1.807, 2.05) is 24.3 Å². The van der Waals surface area contributed by atoms with Crippen molar-refractivity contribution in [3.05, 3.63) is 41.0 Å². The van der Waals surface area contributed by atoms with E-state index in [2.05, 4.69) is 16.7 Å². The molecule has 104 valence electrons. The predicted octanol–water partition coefficient (Wildman–Crippen LogP) is 0.397. The molecule has 0 fully saturated rings. The highest BCUT2D eigenvalue weighted by Gasteiger charge is 2.39. The molecule has 0 heterocycles. The van der Waals surface area contributed by atoms with Crippen LogP contribution in [-0.2, 0) is 16.4 Å². The molecule has 6 heteroatoms. The number of fused-ring (bicyclic) bond motifs is 1. The zero-order valence-electron chi connectivity index (χ0n) is 11.1. The molecule has 0 aliphatic heterocycles. The molecule has 0 unspecified atom stereocenters. The Morgan fingerprint density at radius 1 is 1.26 bits per heavy atom. The van der Waals surface area contributed by atoms with Crippen LogP contribution in [0.4, 0.5) is 0 Å². The first-order valence-corrected chi connectivity index (χ1v) is 7.64. The molecule has 0 spiro atoms. The van der Waals surface area contributed by atoms with Crippen molar-refractivity contribution in [2.24, 2.45) is 5.14 Å². The van der Waals surface area contributed by atoms with Gasteiger partial charge in [-0.25, -0.2) is 13.6 Å². The Hall–Kier alpha value is -1.21. The van der Waals surface area contributed by atoms with Gasteiger partial charge in [-0.3, -0.25) is 10.6 Å². The van der Waals surface area contributed by atoms with Crippen LogP contribution in [0.15, 0.2) is 29.8 Å². The summed E-state index contributed by atoms with van der Waals surface area (Å²) in [4.78, 5) is -1.32. The Kier molecular flexibility index (Phi) is 3.78. The second kappa shape index (κ2) is 5.05. The summed E-state index contributed by atoms with van der Waals surface area (Å²) in [6.45, 7) is 0. The van der Waals surface area contributed by atoms with E-state index >= 15 is 0 Å². The summed E-state index contributed by atoms with van der Waals surface area (Å²) in [5.74, 6) is 0. The number of primary sulfonamides is 1. The lowest BCUT2D eigenvalue weighted by molar-refractivity contribution is 0.398. The molecule has 0 atom stereocenters. The van der Waals surface area contributed by atoms with Gasteiger partial charge in [0.1, 0.15) is 0 Å². The van der Waals surface area contributed by atoms with E-state index in [4.69, 9.17) is 5.14 Å². The van der Waals surface area contributed by atoms with Gasteiger partial charge < -0.3 is 0 Å². The van der Waals surface area contributed by atoms with Gasteiger partial charge in [-0.1, -0.05) is 35.9 Å². The van der Waals surface area contributed by atoms with E-state index < -0.39 is 15.0 Å². The van der Waals surface area contributed by atoms with Gasteiger partial charge in [0.2, 0.25) is 10.0 Å². The van der Waals surface area contributed by atoms with Crippen LogP contribution >= 0.6 is 0 Å². The fraction of sp³-hybridized carbons (Fsp3) is 0.385. The van der Waals surface area contributed by atoms with Crippen molar-refractivity contribution in [2.45, 2.75) is 17.8 Å². The highest BCUT2D eigenvalue weighted by atomic mass is 32.2. The maximum absolute atomic E-state index is 11.8. The fourth-order valence-corrected chi connectivity index (χ4v) is 3.43. The van der Waals surface area contributed by atoms with Crippen molar-refractivity contribution in [1.82, 2.24) is 10.6 Å². The molecule has 0 bridgehead atoms. The SMILES string of the molecule is CNC(CC1=Cc2ccccc2C1)(NC)S(N)(=O)=O. The topological polar surface area (TPSA) is 84.2 Å². The molecule has 1 aliphatic rings. The van der Waals surface area contributed by atoms with Crippen molar-refractivity contribution in [2.75, 3.05) is 14.1 Å². The molecule has 0 aromatic heterocycles. The van der Waals surface area contributed by atoms with Crippen LogP contribution in [0.25, 0.3) is 6.08 Å². The Morgan fingerprint density at radius 2 is 1.89 bits per heavy atom. The summed E-state index contributed by atoms with van der Waals surface area (Å²) < 4.78 is 23.6. The Bertz CT molecular complexity index is 604. The number of benzene rings is 1. The number of rotatable bonds is 5. The van der Waals surface area contributed by atoms with E-state index in [9.17, 15) is 8.42 Å². The van der Waals surface area contributed by atoms with Crippen LogP contribution < -0.4 is 15.8 Å². The minimum atomic E-state index is -3.76. The van der Waals surface area contributed by atoms with Gasteiger partial charge in [0.15, 0.2) is 4.99 Å². The van der Waals surface area contributed by atoms with E-state index in [0.717, 1.165) is 17.6 Å². The first-order valence-electron chi connectivity index (χ1n) is 6.09. The molecular formula is C13H19N3O2S. The lowest BCUT2D eigenvalue weighted by Crippen LogP contribution is -2.62. The van der Waals surface area contributed by atoms with Crippen LogP contribution in [0.3, 0.4) is 0 Å². The monoisotopic (exact) mass is 281 g/mol. The van der Waals surface area contributed by atoms with Gasteiger partial charge >= 0.3 is 0 Å². The number of nitrogens with two attached hydrogens (primary N) is 1. The summed E-state index contributed by atoms with van der Waals surface area (Å²) in [5.41, 5.74) is 3.40. The maximum Gasteiger partial charge on any atom is 0.242 e. The Morgan fingerprint density at radius 3 is 2.42 bits per heavy atom. The number of sulfonamides is 1. The number of hydrogen-bond donors (Lipinski definition) is 3. The lowest BCUT2D eigenvalue weighted by Gasteiger charge is -2.31. The minimum Gasteiger partial charge on any atom is -0.288 e. The van der Waals surface area contributed by atoms with Crippen molar-refractivity contribution < 1.29 is 8.42 Å². The molecule has 0 saturated heterocycles. The second-order valence-corrected chi connectivity index (χ2v) is 6.51. The zero-order valence-corrected chi connectivity index (χ0v) is 11.9. The van der Waals surface area contributed by atoms with Crippen LogP contribution in [0, 0.1) is 0 Å². The van der Waals surface area contributed by atoms with E-state index in [1.54, 1.807) is 14.1 Å². The second-order valence-electron chi connectivity index (χ2n) is 4.73. The van der Waals surface area contributed by atoms with Crippen molar-refractivity contribution >= 4 is 16.1 Å². The van der Waals surface area contributed by atoms with E-state index in [-0.39, 0.29) is 0 Å². The van der Waals surface area contributed by atoms with Gasteiger partial charge in [-0.05, 0) is 31.6 Å². The standard InChI is InChI=1S/C13H19N3O2S/c1-15-13(16-2,19(14,17)18)9-10-7-11-5-3-4-6-12(11)8-10/h3-7,15-16H,8-9H2,1-2H3,(H2,14,17,18). The molecule has 4 N–H and O–H groups in total. The third-order valence-electron chi connectivity index (χ3n) is 3.60. The Labute approximate surface area is 113 Å². The quantitative estimate of drug-likeness (QED) is 0.682. The van der Waals surface area contributed by atoms with Crippen molar-refractivity contribution in [3.8, 4) is 0 Å². The van der Waals surface area contributed by atoms with Crippen molar-refractivity contribution in [3.63, 3.8) is 0 Å². The molecular weight excluding hydrogens is 262 g/mol. The van der Waals surface area contributed by atoms with E-state index in [0.29, 0.717) is 6.42 Å². The van der Waals surface area contributed by atoms with Gasteiger partial charge in [-0.2, -0.15) is 0 Å². The lowest BCUT2D eigenvalue weighted by atomic mass is 10.1. The van der Waals surface area contributed by atoms with Crippen LogP contribution in [0.1, 0.15) is 17.5 Å². The third-order valence-corrected chi connectivity index (χ3v) is 5.13. The normalized spacial score (nSPS) is 15.2. The number of nitrogens with one attached hydrogen (secondary N) is 2. The Balaban J connectivity index is 2.27. The molecule has 0 saturated carbocycles. The average Bonchev–Trinajstić information content (AvgIpc) is 2.76. The van der Waals surface area contributed by atoms with Crippen LogP contribution in [0.2, 0.25) is 0 Å². The molecule has 19 heavy (non-hydrogen) atoms. The van der Waals surface area contributed by atoms with Crippen molar-refractivity contribution in [1.29, 1.82) is 0 Å². The van der Waals surface area contributed by atoms with E-state index in [1.165, 1.54) is 5.56 Å². The fourth-order valence-electron chi connectivity index (χ4n) is 2.47. The summed E-state index contributed by atoms with van der Waals surface area (Å²) in [6.07, 6.45) is 3.11. The molecule has 5 nitrogen and oxygen atoms in total. The molecule has 0 amide bonds. The van der Waals surface area contributed by atoms with Gasteiger partial charge in [-0.15, -0.1) is 0 Å². The first kappa shape index (κ1) is 14.2. The molecule has 0 radical (unpaired) electrons. The van der Waals surface area contributed by atoms with Gasteiger partial charge in [0, 0.05) is 6.42 Å². The molecule has 2 rings (SSSR count). The molecule has 1 aromatic rings. The summed E-state index contributed by atoms with van der Waals surface area (Å²) in [6, 6.07) is 8.04. The third kappa shape index (κ3) is 2.57. The summed E-state index contributed by atoms with van der Waals surface area (Å²) in [7, 11) is -0.591. The van der Waals surface area contributed by atoms with Crippen LogP contribution in [-0.4, -0.2) is 27.5 Å². The summed E-state index contributed by atoms with van der Waals surface area (Å²) >= 11 is 0. The average molecular weight is 281 g/mol. The predicted molar refractivity (Wildman–Crippen MR) is 76.7 cm³/mol. The smallest absolute Gasteiger partial charge is 0.242 e. The zero-order chi connectivity index (χ0) is 14.1. The van der Waals surface area contributed by atoms with Crippen LogP contribution in [0.5, 0.6) is 0 Å². The van der Waals surface area contributed by atoms with Gasteiger partial charge in [0.25, 0.3) is 0 Å². The number of hydrogen-bond acceptors (Lipinski definition) is 4. The minimum absolute atomic E-state index is 0.313. The highest BCUT2D eigenvalue weighted by molar-refractivity contribution is 7.90. The maximum atomic E-state index is 11.8. The molecule has 1 aromatic carbocycles. The molecule has 1 aliphatic carbocycles. The summed E-state index contributed by atoms with van der Waals surface area (Å²) in [5, 5.41) is 10.9. The highest BCUT2D eigenvalue weighted by Crippen LogP contribution is 2.30. The van der Waals surface area contributed by atoms with Gasteiger partial charge in [0.05, 0.1) is 0 Å². The largest absolute Gasteiger partial charge is 0.288 e.